The average molecular weight is 435 g/mol. The van der Waals surface area contributed by atoms with Crippen LogP contribution in [0.2, 0.25) is 0 Å². The molecule has 1 unspecified atom stereocenters. The molecule has 154 valence electrons. The number of halogens is 2. The lowest BCUT2D eigenvalue weighted by Crippen LogP contribution is -2.38. The monoisotopic (exact) mass is 434 g/mol. The standard InChI is InChI=1S/C22H23FN2O2S.ClH/c23-18-8-2-4-10-20(18)28-14-17-16-7-1-3-9-19(16)27-21(17)22(26)25-13-15-6-5-11-24-12-15;/h1-4,7-10,15,24H,5-6,11-14H2,(H,25,26);1H. The van der Waals surface area contributed by atoms with Crippen LogP contribution in [0.25, 0.3) is 11.0 Å². The molecule has 7 heteroatoms. The van der Waals surface area contributed by atoms with Crippen LogP contribution in [0.3, 0.4) is 0 Å². The fraction of sp³-hybridized carbons (Fsp3) is 0.318. The second-order valence-electron chi connectivity index (χ2n) is 7.05. The van der Waals surface area contributed by atoms with E-state index in [9.17, 15) is 9.18 Å². The molecular weight excluding hydrogens is 411 g/mol. The summed E-state index contributed by atoms with van der Waals surface area (Å²) >= 11 is 1.37. The van der Waals surface area contributed by atoms with Gasteiger partial charge in [0.25, 0.3) is 5.91 Å². The van der Waals surface area contributed by atoms with Gasteiger partial charge in [0, 0.05) is 28.1 Å². The number of hydrogen-bond donors (Lipinski definition) is 2. The van der Waals surface area contributed by atoms with Gasteiger partial charge < -0.3 is 15.1 Å². The molecule has 0 saturated carbocycles. The first-order chi connectivity index (χ1) is 13.7. The summed E-state index contributed by atoms with van der Waals surface area (Å²) in [7, 11) is 0. The van der Waals surface area contributed by atoms with Crippen molar-refractivity contribution in [3.8, 4) is 0 Å². The first-order valence-corrected chi connectivity index (χ1v) is 10.6. The zero-order valence-corrected chi connectivity index (χ0v) is 17.6. The number of para-hydroxylation sites is 1. The molecule has 1 atom stereocenters. The summed E-state index contributed by atoms with van der Waals surface area (Å²) in [6.07, 6.45) is 2.25. The SMILES string of the molecule is Cl.O=C(NCC1CCCNC1)c1oc2ccccc2c1CSc1ccccc1F. The first-order valence-electron chi connectivity index (χ1n) is 9.59. The van der Waals surface area contributed by atoms with Crippen LogP contribution in [0.5, 0.6) is 0 Å². The number of carbonyl (C=O) groups excluding carboxylic acids is 1. The minimum atomic E-state index is -0.254. The summed E-state index contributed by atoms with van der Waals surface area (Å²) in [5.74, 6) is 0.778. The zero-order valence-electron chi connectivity index (χ0n) is 15.9. The van der Waals surface area contributed by atoms with E-state index in [4.69, 9.17) is 4.42 Å². The Balaban J connectivity index is 0.00000240. The van der Waals surface area contributed by atoms with Gasteiger partial charge >= 0.3 is 0 Å². The summed E-state index contributed by atoms with van der Waals surface area (Å²) < 4.78 is 19.9. The topological polar surface area (TPSA) is 54.3 Å². The van der Waals surface area contributed by atoms with E-state index in [2.05, 4.69) is 10.6 Å². The van der Waals surface area contributed by atoms with Crippen molar-refractivity contribution in [3.05, 3.63) is 65.7 Å². The lowest BCUT2D eigenvalue weighted by molar-refractivity contribution is 0.0918. The highest BCUT2D eigenvalue weighted by Gasteiger charge is 2.22. The van der Waals surface area contributed by atoms with E-state index in [-0.39, 0.29) is 24.1 Å². The zero-order chi connectivity index (χ0) is 19.3. The van der Waals surface area contributed by atoms with E-state index in [1.165, 1.54) is 17.8 Å². The maximum Gasteiger partial charge on any atom is 0.287 e. The van der Waals surface area contributed by atoms with Crippen molar-refractivity contribution in [1.82, 2.24) is 10.6 Å². The number of piperidine rings is 1. The third-order valence-electron chi connectivity index (χ3n) is 5.06. The molecule has 3 aromatic rings. The van der Waals surface area contributed by atoms with Gasteiger partial charge in [-0.2, -0.15) is 0 Å². The van der Waals surface area contributed by atoms with Gasteiger partial charge in [-0.1, -0.05) is 30.3 Å². The molecule has 1 aliphatic rings. The Labute approximate surface area is 180 Å². The number of thioether (sulfide) groups is 1. The normalized spacial score (nSPS) is 16.4. The molecule has 2 aromatic carbocycles. The molecule has 1 saturated heterocycles. The average Bonchev–Trinajstić information content (AvgIpc) is 3.11. The molecule has 0 radical (unpaired) electrons. The fourth-order valence-electron chi connectivity index (χ4n) is 3.55. The predicted molar refractivity (Wildman–Crippen MR) is 117 cm³/mol. The number of rotatable bonds is 6. The van der Waals surface area contributed by atoms with Gasteiger partial charge in [0.05, 0.1) is 0 Å². The third-order valence-corrected chi connectivity index (χ3v) is 6.14. The van der Waals surface area contributed by atoms with Gasteiger partial charge in [-0.15, -0.1) is 24.2 Å². The Morgan fingerprint density at radius 3 is 2.79 bits per heavy atom. The van der Waals surface area contributed by atoms with Gasteiger partial charge in [0.2, 0.25) is 0 Å². The molecule has 0 aliphatic carbocycles. The van der Waals surface area contributed by atoms with Crippen molar-refractivity contribution in [2.75, 3.05) is 19.6 Å². The molecule has 4 nitrogen and oxygen atoms in total. The maximum atomic E-state index is 14.0. The number of hydrogen-bond acceptors (Lipinski definition) is 4. The number of benzene rings is 2. The van der Waals surface area contributed by atoms with Crippen molar-refractivity contribution in [2.24, 2.45) is 5.92 Å². The molecule has 2 N–H and O–H groups in total. The van der Waals surface area contributed by atoms with Crippen LogP contribution < -0.4 is 10.6 Å². The van der Waals surface area contributed by atoms with Crippen LogP contribution in [-0.4, -0.2) is 25.5 Å². The molecule has 4 rings (SSSR count). The first kappa shape index (κ1) is 21.7. The molecule has 0 spiro atoms. The Morgan fingerprint density at radius 1 is 1.21 bits per heavy atom. The highest BCUT2D eigenvalue weighted by molar-refractivity contribution is 7.98. The van der Waals surface area contributed by atoms with Crippen molar-refractivity contribution >= 4 is 41.0 Å². The maximum absolute atomic E-state index is 14.0. The summed E-state index contributed by atoms with van der Waals surface area (Å²) in [6.45, 7) is 2.60. The number of furan rings is 1. The number of amides is 1. The quantitative estimate of drug-likeness (QED) is 0.535. The largest absolute Gasteiger partial charge is 0.451 e. The van der Waals surface area contributed by atoms with E-state index >= 15 is 0 Å². The second kappa shape index (κ2) is 10.1. The second-order valence-corrected chi connectivity index (χ2v) is 8.06. The Kier molecular flexibility index (Phi) is 7.58. The van der Waals surface area contributed by atoms with Crippen molar-refractivity contribution in [3.63, 3.8) is 0 Å². The Bertz CT molecular complexity index is 972. The van der Waals surface area contributed by atoms with E-state index in [1.807, 2.05) is 30.3 Å². The number of nitrogens with one attached hydrogen (secondary N) is 2. The minimum Gasteiger partial charge on any atom is -0.451 e. The molecule has 2 heterocycles. The summed E-state index contributed by atoms with van der Waals surface area (Å²) in [5.41, 5.74) is 1.49. The van der Waals surface area contributed by atoms with E-state index in [1.54, 1.807) is 12.1 Å². The molecule has 1 fully saturated rings. The summed E-state index contributed by atoms with van der Waals surface area (Å²) in [6, 6.07) is 14.3. The van der Waals surface area contributed by atoms with Crippen LogP contribution in [0.4, 0.5) is 4.39 Å². The lowest BCUT2D eigenvalue weighted by Gasteiger charge is -2.22. The lowest BCUT2D eigenvalue weighted by atomic mass is 10.00. The number of carbonyl (C=O) groups is 1. The molecule has 1 aliphatic heterocycles. The van der Waals surface area contributed by atoms with Crippen molar-refractivity contribution in [2.45, 2.75) is 23.5 Å². The van der Waals surface area contributed by atoms with Gasteiger partial charge in [-0.3, -0.25) is 4.79 Å². The van der Waals surface area contributed by atoms with Crippen molar-refractivity contribution < 1.29 is 13.6 Å². The molecule has 29 heavy (non-hydrogen) atoms. The smallest absolute Gasteiger partial charge is 0.287 e. The van der Waals surface area contributed by atoms with Crippen LogP contribution in [-0.2, 0) is 5.75 Å². The molecule has 1 amide bonds. The van der Waals surface area contributed by atoms with Gasteiger partial charge in [-0.05, 0) is 50.0 Å². The Morgan fingerprint density at radius 2 is 2.00 bits per heavy atom. The molecular formula is C22H24ClFN2O2S. The number of fused-ring (bicyclic) bond motifs is 1. The van der Waals surface area contributed by atoms with Gasteiger partial charge in [0.1, 0.15) is 11.4 Å². The molecule has 1 aromatic heterocycles. The Hall–Kier alpha value is -2.02. The van der Waals surface area contributed by atoms with Gasteiger partial charge in [-0.25, -0.2) is 4.39 Å². The predicted octanol–water partition coefficient (Wildman–Crippen LogP) is 5.02. The van der Waals surface area contributed by atoms with Gasteiger partial charge in [0.15, 0.2) is 5.76 Å². The third kappa shape index (κ3) is 5.13. The summed E-state index contributed by atoms with van der Waals surface area (Å²) in [5, 5.41) is 7.28. The van der Waals surface area contributed by atoms with Crippen LogP contribution >= 0.6 is 24.2 Å². The van der Waals surface area contributed by atoms with E-state index in [0.29, 0.717) is 34.5 Å². The van der Waals surface area contributed by atoms with Crippen molar-refractivity contribution in [1.29, 1.82) is 0 Å². The highest BCUT2D eigenvalue weighted by atomic mass is 35.5. The van der Waals surface area contributed by atoms with E-state index < -0.39 is 0 Å². The minimum absolute atomic E-state index is 0. The van der Waals surface area contributed by atoms with E-state index in [0.717, 1.165) is 36.9 Å². The summed E-state index contributed by atoms with van der Waals surface area (Å²) in [4.78, 5) is 13.4. The van der Waals surface area contributed by atoms with Crippen LogP contribution in [0, 0.1) is 11.7 Å². The van der Waals surface area contributed by atoms with Crippen LogP contribution in [0.1, 0.15) is 29.0 Å². The highest BCUT2D eigenvalue weighted by Crippen LogP contribution is 2.33. The van der Waals surface area contributed by atoms with Crippen LogP contribution in [0.15, 0.2) is 57.8 Å². The fourth-order valence-corrected chi connectivity index (χ4v) is 4.52. The molecule has 0 bridgehead atoms.